The van der Waals surface area contributed by atoms with Crippen LogP contribution in [-0.2, 0) is 4.79 Å². The highest BCUT2D eigenvalue weighted by Gasteiger charge is 2.38. The molecular formula is C26H28N2O2S. The van der Waals surface area contributed by atoms with Crippen LogP contribution in [-0.4, -0.2) is 28.6 Å². The number of amides is 1. The molecule has 2 fully saturated rings. The summed E-state index contributed by atoms with van der Waals surface area (Å²) >= 11 is 1.48. The molecular weight excluding hydrogens is 404 g/mol. The fourth-order valence-corrected chi connectivity index (χ4v) is 4.98. The van der Waals surface area contributed by atoms with Gasteiger partial charge in [0.15, 0.2) is 5.17 Å². The quantitative estimate of drug-likeness (QED) is 0.387. The highest BCUT2D eigenvalue weighted by molar-refractivity contribution is 8.18. The van der Waals surface area contributed by atoms with Gasteiger partial charge in [0.25, 0.3) is 5.91 Å². The van der Waals surface area contributed by atoms with Crippen molar-refractivity contribution in [1.82, 2.24) is 4.90 Å². The van der Waals surface area contributed by atoms with E-state index in [0.717, 1.165) is 39.9 Å². The summed E-state index contributed by atoms with van der Waals surface area (Å²) in [6.45, 7) is 6.21. The van der Waals surface area contributed by atoms with Crippen molar-refractivity contribution in [3.05, 3.63) is 77.2 Å². The normalized spacial score (nSPS) is 19.9. The van der Waals surface area contributed by atoms with E-state index in [1.54, 1.807) is 6.08 Å². The third-order valence-corrected chi connectivity index (χ3v) is 6.56. The highest BCUT2D eigenvalue weighted by atomic mass is 32.2. The molecule has 2 aliphatic rings. The van der Waals surface area contributed by atoms with Gasteiger partial charge in [0.1, 0.15) is 12.4 Å². The fourth-order valence-electron chi connectivity index (χ4n) is 3.92. The first-order valence-corrected chi connectivity index (χ1v) is 11.7. The second-order valence-electron chi connectivity index (χ2n) is 7.98. The van der Waals surface area contributed by atoms with Gasteiger partial charge in [-0.3, -0.25) is 9.69 Å². The molecule has 1 saturated carbocycles. The van der Waals surface area contributed by atoms with E-state index in [0.29, 0.717) is 6.61 Å². The van der Waals surface area contributed by atoms with Crippen molar-refractivity contribution in [3.8, 4) is 5.75 Å². The maximum Gasteiger partial charge on any atom is 0.267 e. The topological polar surface area (TPSA) is 41.9 Å². The van der Waals surface area contributed by atoms with Crippen molar-refractivity contribution in [2.75, 3.05) is 6.61 Å². The summed E-state index contributed by atoms with van der Waals surface area (Å²) < 4.78 is 5.55. The number of carbonyl (C=O) groups excluding carboxylic acids is 1. The predicted octanol–water partition coefficient (Wildman–Crippen LogP) is 6.50. The number of rotatable bonds is 6. The van der Waals surface area contributed by atoms with Crippen molar-refractivity contribution in [2.45, 2.75) is 45.1 Å². The van der Waals surface area contributed by atoms with Gasteiger partial charge in [0.2, 0.25) is 0 Å². The molecule has 0 bridgehead atoms. The van der Waals surface area contributed by atoms with Gasteiger partial charge in [-0.05, 0) is 67.4 Å². The second kappa shape index (κ2) is 10.0. The summed E-state index contributed by atoms with van der Waals surface area (Å²) in [6.07, 6.45) is 9.35. The Balaban J connectivity index is 1.61. The maximum absolute atomic E-state index is 13.4. The zero-order chi connectivity index (χ0) is 21.6. The van der Waals surface area contributed by atoms with Crippen molar-refractivity contribution in [2.24, 2.45) is 4.99 Å². The molecule has 5 heteroatoms. The molecule has 1 aliphatic carbocycles. The van der Waals surface area contributed by atoms with E-state index in [9.17, 15) is 4.79 Å². The lowest BCUT2D eigenvalue weighted by Gasteiger charge is -2.30. The lowest BCUT2D eigenvalue weighted by Crippen LogP contribution is -2.40. The smallest absolute Gasteiger partial charge is 0.267 e. The Morgan fingerprint density at radius 1 is 1.10 bits per heavy atom. The minimum Gasteiger partial charge on any atom is -0.490 e. The van der Waals surface area contributed by atoms with Crippen LogP contribution in [0.3, 0.4) is 0 Å². The number of nitrogens with zero attached hydrogens (tertiary/aromatic N) is 2. The zero-order valence-electron chi connectivity index (χ0n) is 17.9. The molecule has 1 aliphatic heterocycles. The van der Waals surface area contributed by atoms with Gasteiger partial charge in [-0.1, -0.05) is 61.7 Å². The van der Waals surface area contributed by atoms with Crippen LogP contribution in [0, 0.1) is 6.92 Å². The van der Waals surface area contributed by atoms with Crippen molar-refractivity contribution < 1.29 is 9.53 Å². The molecule has 1 saturated heterocycles. The monoisotopic (exact) mass is 432 g/mol. The molecule has 1 heterocycles. The van der Waals surface area contributed by atoms with Crippen LogP contribution in [0.25, 0.3) is 6.08 Å². The lowest BCUT2D eigenvalue weighted by molar-refractivity contribution is -0.124. The van der Waals surface area contributed by atoms with Crippen LogP contribution in [0.15, 0.2) is 71.1 Å². The van der Waals surface area contributed by atoms with E-state index in [1.165, 1.54) is 36.6 Å². The van der Waals surface area contributed by atoms with E-state index in [2.05, 4.69) is 25.6 Å². The average molecular weight is 433 g/mol. The number of ether oxygens (including phenoxy) is 1. The standard InChI is InChI=1S/C26H28N2O2S/c1-3-17-30-23-15-11-20(12-16-23)18-24-25(29)28(22-7-5-4-6-8-22)26(31-24)27-21-13-9-19(2)10-14-21/h3,9-16,18,22H,1,4-8,17H2,2H3/b24-18+,27-26?. The van der Waals surface area contributed by atoms with Gasteiger partial charge in [0.05, 0.1) is 10.6 Å². The molecule has 31 heavy (non-hydrogen) atoms. The van der Waals surface area contributed by atoms with Gasteiger partial charge in [-0.15, -0.1) is 0 Å². The molecule has 0 atom stereocenters. The van der Waals surface area contributed by atoms with Crippen LogP contribution >= 0.6 is 11.8 Å². The van der Waals surface area contributed by atoms with Crippen LogP contribution < -0.4 is 4.74 Å². The van der Waals surface area contributed by atoms with Crippen LogP contribution in [0.5, 0.6) is 5.75 Å². The SMILES string of the molecule is C=CCOc1ccc(/C=C2/SC(=Nc3ccc(C)cc3)N(C3CCCCC3)C2=O)cc1. The number of carbonyl (C=O) groups is 1. The molecule has 160 valence electrons. The predicted molar refractivity (Wildman–Crippen MR) is 130 cm³/mol. The number of aryl methyl sites for hydroxylation is 1. The Morgan fingerprint density at radius 3 is 2.48 bits per heavy atom. The van der Waals surface area contributed by atoms with Gasteiger partial charge in [0, 0.05) is 6.04 Å². The molecule has 0 aromatic heterocycles. The summed E-state index contributed by atoms with van der Waals surface area (Å²) in [7, 11) is 0. The average Bonchev–Trinajstić information content (AvgIpc) is 3.10. The van der Waals surface area contributed by atoms with E-state index in [4.69, 9.17) is 9.73 Å². The first kappa shape index (κ1) is 21.4. The second-order valence-corrected chi connectivity index (χ2v) is 8.99. The molecule has 4 rings (SSSR count). The first-order chi connectivity index (χ1) is 15.1. The largest absolute Gasteiger partial charge is 0.490 e. The first-order valence-electron chi connectivity index (χ1n) is 10.9. The fraction of sp³-hybridized carbons (Fsp3) is 0.308. The highest BCUT2D eigenvalue weighted by Crippen LogP contribution is 2.38. The van der Waals surface area contributed by atoms with Crippen LogP contribution in [0.4, 0.5) is 5.69 Å². The van der Waals surface area contributed by atoms with Crippen LogP contribution in [0.1, 0.15) is 43.2 Å². The van der Waals surface area contributed by atoms with Crippen molar-refractivity contribution >= 4 is 34.6 Å². The molecule has 0 spiro atoms. The number of amidine groups is 1. The molecule has 0 unspecified atom stereocenters. The third-order valence-electron chi connectivity index (χ3n) is 5.58. The molecule has 2 aromatic carbocycles. The number of hydrogen-bond donors (Lipinski definition) is 0. The third kappa shape index (κ3) is 5.28. The summed E-state index contributed by atoms with van der Waals surface area (Å²) in [4.78, 5) is 20.9. The van der Waals surface area contributed by atoms with Gasteiger partial charge < -0.3 is 4.74 Å². The number of hydrogen-bond acceptors (Lipinski definition) is 4. The summed E-state index contributed by atoms with van der Waals surface area (Å²) in [6, 6.07) is 16.1. The minimum atomic E-state index is 0.0646. The van der Waals surface area contributed by atoms with Gasteiger partial charge in [-0.25, -0.2) is 4.99 Å². The Labute approximate surface area is 188 Å². The molecule has 1 amide bonds. The minimum absolute atomic E-state index is 0.0646. The van der Waals surface area contributed by atoms with Crippen LogP contribution in [0.2, 0.25) is 0 Å². The number of thioether (sulfide) groups is 1. The van der Waals surface area contributed by atoms with Crippen molar-refractivity contribution in [1.29, 1.82) is 0 Å². The van der Waals surface area contributed by atoms with E-state index in [1.807, 2.05) is 47.4 Å². The molecule has 2 aromatic rings. The molecule has 0 N–H and O–H groups in total. The van der Waals surface area contributed by atoms with Gasteiger partial charge in [-0.2, -0.15) is 0 Å². The van der Waals surface area contributed by atoms with E-state index < -0.39 is 0 Å². The Kier molecular flexibility index (Phi) is 6.92. The van der Waals surface area contributed by atoms with Crippen molar-refractivity contribution in [3.63, 3.8) is 0 Å². The Bertz CT molecular complexity index is 987. The number of benzene rings is 2. The summed E-state index contributed by atoms with van der Waals surface area (Å²) in [5, 5.41) is 0.790. The summed E-state index contributed by atoms with van der Waals surface area (Å²) in [5.41, 5.74) is 3.05. The zero-order valence-corrected chi connectivity index (χ0v) is 18.7. The van der Waals surface area contributed by atoms with Gasteiger partial charge >= 0.3 is 0 Å². The Hall–Kier alpha value is -2.79. The maximum atomic E-state index is 13.4. The Morgan fingerprint density at radius 2 is 1.81 bits per heavy atom. The molecule has 0 radical (unpaired) electrons. The van der Waals surface area contributed by atoms with E-state index in [-0.39, 0.29) is 11.9 Å². The lowest BCUT2D eigenvalue weighted by atomic mass is 9.94. The summed E-state index contributed by atoms with van der Waals surface area (Å²) in [5.74, 6) is 0.854. The number of aliphatic imine (C=N–C) groups is 1. The van der Waals surface area contributed by atoms with E-state index >= 15 is 0 Å². The molecule has 4 nitrogen and oxygen atoms in total.